The van der Waals surface area contributed by atoms with Gasteiger partial charge in [0.2, 0.25) is 0 Å². The van der Waals surface area contributed by atoms with Gasteiger partial charge in [0.15, 0.2) is 0 Å². The van der Waals surface area contributed by atoms with Gasteiger partial charge in [0.1, 0.15) is 5.92 Å². The SMILES string of the molecule is C=CC(=O)OC(F)(F)C(F)(F)C(F)(F)C(F)(F)C(F)(F)C(F)(F)C(F)(F)C(F)(F)C(F)(F)C(F)(F)C(C)C(F)(F)F. The molecule has 0 amide bonds. The molecule has 1 atom stereocenters. The van der Waals surface area contributed by atoms with Crippen molar-refractivity contribution in [1.29, 1.82) is 0 Å². The Bertz CT molecular complexity index is 990. The number of rotatable bonds is 12. The normalized spacial score (nSPS) is 16.9. The van der Waals surface area contributed by atoms with E-state index < -0.39 is 90.5 Å². The highest BCUT2D eigenvalue weighted by Crippen LogP contribution is 2.67. The minimum Gasteiger partial charge on any atom is -0.393 e. The average molecular weight is 668 g/mol. The molecule has 0 aromatic carbocycles. The summed E-state index contributed by atoms with van der Waals surface area (Å²) in [6, 6.07) is 0. The van der Waals surface area contributed by atoms with E-state index in [2.05, 4.69) is 11.3 Å². The van der Waals surface area contributed by atoms with Crippen molar-refractivity contribution in [3.05, 3.63) is 12.7 Å². The first-order chi connectivity index (χ1) is 17.4. The number of hydrogen-bond donors (Lipinski definition) is 0. The van der Waals surface area contributed by atoms with Gasteiger partial charge in [0.05, 0.1) is 0 Å². The Morgan fingerprint density at radius 3 is 1.00 bits per heavy atom. The molecule has 0 aromatic rings. The molecule has 2 nitrogen and oxygen atoms in total. The summed E-state index contributed by atoms with van der Waals surface area (Å²) in [6.45, 7) is 0.992. The van der Waals surface area contributed by atoms with Gasteiger partial charge >= 0.3 is 71.6 Å². The Kier molecular flexibility index (Phi) is 9.25. The molecule has 0 saturated heterocycles. The molecular weight excluding hydrogens is 661 g/mol. The average Bonchev–Trinajstić information content (AvgIpc) is 2.76. The number of carbonyl (C=O) groups excluding carboxylic acids is 1. The molecule has 0 heterocycles. The molecular formula is C16H7F23O2. The minimum absolute atomic E-state index is 0.624. The maximum atomic E-state index is 13.7. The molecule has 244 valence electrons. The third-order valence-corrected chi connectivity index (χ3v) is 4.97. The zero-order valence-electron chi connectivity index (χ0n) is 18.4. The number of halogens is 23. The highest BCUT2D eigenvalue weighted by Gasteiger charge is 2.98. The van der Waals surface area contributed by atoms with Crippen LogP contribution in [0.5, 0.6) is 0 Å². The van der Waals surface area contributed by atoms with E-state index >= 15 is 0 Å². The van der Waals surface area contributed by atoms with Gasteiger partial charge in [-0.2, -0.15) is 101 Å². The molecule has 41 heavy (non-hydrogen) atoms. The van der Waals surface area contributed by atoms with Crippen LogP contribution in [0.3, 0.4) is 0 Å². The van der Waals surface area contributed by atoms with Crippen molar-refractivity contribution in [2.45, 2.75) is 72.5 Å². The van der Waals surface area contributed by atoms with Gasteiger partial charge in [-0.15, -0.1) is 0 Å². The minimum atomic E-state index is -9.40. The van der Waals surface area contributed by atoms with Gasteiger partial charge in [0.25, 0.3) is 0 Å². The van der Waals surface area contributed by atoms with E-state index in [0.29, 0.717) is 0 Å². The van der Waals surface area contributed by atoms with Gasteiger partial charge in [0, 0.05) is 6.08 Å². The summed E-state index contributed by atoms with van der Waals surface area (Å²) in [5.41, 5.74) is 0. The third kappa shape index (κ3) is 5.00. The van der Waals surface area contributed by atoms with E-state index in [1.807, 2.05) is 0 Å². The van der Waals surface area contributed by atoms with Gasteiger partial charge < -0.3 is 4.74 Å². The summed E-state index contributed by atoms with van der Waals surface area (Å²) in [7, 11) is 0. The van der Waals surface area contributed by atoms with E-state index in [-0.39, 0.29) is 0 Å². The van der Waals surface area contributed by atoms with Crippen LogP contribution in [-0.4, -0.2) is 71.6 Å². The number of carbonyl (C=O) groups is 1. The van der Waals surface area contributed by atoms with Gasteiger partial charge in [-0.1, -0.05) is 6.58 Å². The molecule has 0 N–H and O–H groups in total. The first-order valence-corrected chi connectivity index (χ1v) is 9.06. The summed E-state index contributed by atoms with van der Waals surface area (Å²) < 4.78 is 310. The van der Waals surface area contributed by atoms with E-state index in [1.54, 1.807) is 0 Å². The maximum absolute atomic E-state index is 13.7. The van der Waals surface area contributed by atoms with Crippen LogP contribution in [0.15, 0.2) is 12.7 Å². The predicted octanol–water partition coefficient (Wildman–Crippen LogP) is 8.22. The lowest BCUT2D eigenvalue weighted by molar-refractivity contribution is -0.480. The second-order valence-electron chi connectivity index (χ2n) is 7.62. The van der Waals surface area contributed by atoms with E-state index in [1.165, 1.54) is 0 Å². The van der Waals surface area contributed by atoms with Crippen LogP contribution in [0.2, 0.25) is 0 Å². The largest absolute Gasteiger partial charge is 0.473 e. The van der Waals surface area contributed by atoms with Gasteiger partial charge in [-0.25, -0.2) is 4.79 Å². The molecule has 0 aromatic heterocycles. The van der Waals surface area contributed by atoms with Crippen molar-refractivity contribution >= 4 is 5.97 Å². The number of hydrogen-bond acceptors (Lipinski definition) is 2. The fraction of sp³-hybridized carbons (Fsp3) is 0.812. The van der Waals surface area contributed by atoms with Crippen LogP contribution in [0, 0.1) is 5.92 Å². The van der Waals surface area contributed by atoms with Crippen LogP contribution in [-0.2, 0) is 9.53 Å². The van der Waals surface area contributed by atoms with E-state index in [4.69, 9.17) is 0 Å². The zero-order chi connectivity index (χ0) is 34.1. The molecule has 0 saturated carbocycles. The maximum Gasteiger partial charge on any atom is 0.473 e. The van der Waals surface area contributed by atoms with E-state index in [9.17, 15) is 106 Å². The molecule has 0 spiro atoms. The monoisotopic (exact) mass is 668 g/mol. The first kappa shape index (κ1) is 38.6. The molecule has 1 unspecified atom stereocenters. The molecule has 0 bridgehead atoms. The second-order valence-corrected chi connectivity index (χ2v) is 7.62. The Morgan fingerprint density at radius 2 is 0.756 bits per heavy atom. The fourth-order valence-corrected chi connectivity index (χ4v) is 2.28. The summed E-state index contributed by atoms with van der Waals surface area (Å²) in [6.07, 6.45) is -14.9. The molecule has 0 aliphatic rings. The van der Waals surface area contributed by atoms with Crippen molar-refractivity contribution in [3.8, 4) is 0 Å². The van der Waals surface area contributed by atoms with Gasteiger partial charge in [-0.3, -0.25) is 0 Å². The molecule has 0 fully saturated rings. The standard InChI is InChI=1S/C16H7F23O2/c1-3-5(40)41-16(38,39)15(36,37)14(34,35)13(32,33)12(30,31)11(28,29)10(26,27)9(24,25)8(22,23)6(17,18)4(2)7(19,20)21/h3-4H,1H2,2H3. The molecule has 0 aliphatic carbocycles. The Morgan fingerprint density at radius 1 is 0.512 bits per heavy atom. The summed E-state index contributed by atoms with van der Waals surface area (Å²) in [5.74, 6) is -88.3. The van der Waals surface area contributed by atoms with Crippen molar-refractivity contribution in [3.63, 3.8) is 0 Å². The second kappa shape index (κ2) is 9.82. The smallest absolute Gasteiger partial charge is 0.393 e. The van der Waals surface area contributed by atoms with Crippen LogP contribution < -0.4 is 0 Å². The van der Waals surface area contributed by atoms with Crippen LogP contribution in [0.1, 0.15) is 6.92 Å². The topological polar surface area (TPSA) is 26.3 Å². The van der Waals surface area contributed by atoms with Crippen molar-refractivity contribution in [2.24, 2.45) is 5.92 Å². The Balaban J connectivity index is 7.22. The van der Waals surface area contributed by atoms with Crippen LogP contribution in [0.25, 0.3) is 0 Å². The molecule has 25 heteroatoms. The van der Waals surface area contributed by atoms with Crippen molar-refractivity contribution in [1.82, 2.24) is 0 Å². The van der Waals surface area contributed by atoms with Gasteiger partial charge in [-0.05, 0) is 6.92 Å². The molecule has 0 aliphatic heterocycles. The van der Waals surface area contributed by atoms with Crippen molar-refractivity contribution < 1.29 is 111 Å². The number of ether oxygens (including phenoxy) is 1. The quantitative estimate of drug-likeness (QED) is 0.119. The lowest BCUT2D eigenvalue weighted by atomic mass is 9.84. The third-order valence-electron chi connectivity index (χ3n) is 4.97. The van der Waals surface area contributed by atoms with Crippen LogP contribution in [0.4, 0.5) is 101 Å². The predicted molar refractivity (Wildman–Crippen MR) is 81.0 cm³/mol. The number of esters is 1. The summed E-state index contributed by atoms with van der Waals surface area (Å²) in [5, 5.41) is 0. The Labute approximate surface area is 209 Å². The summed E-state index contributed by atoms with van der Waals surface area (Å²) >= 11 is 0. The molecule has 0 radical (unpaired) electrons. The Hall–Kier alpha value is -2.40. The zero-order valence-corrected chi connectivity index (χ0v) is 18.4. The summed E-state index contributed by atoms with van der Waals surface area (Å²) in [4.78, 5) is 10.5. The fourth-order valence-electron chi connectivity index (χ4n) is 2.28. The number of alkyl halides is 23. The highest BCUT2D eigenvalue weighted by atomic mass is 19.4. The lowest BCUT2D eigenvalue weighted by Crippen LogP contribution is -2.77. The van der Waals surface area contributed by atoms with Crippen molar-refractivity contribution in [2.75, 3.05) is 0 Å². The lowest BCUT2D eigenvalue weighted by Gasteiger charge is -2.45. The molecule has 0 rings (SSSR count). The highest BCUT2D eigenvalue weighted by molar-refractivity contribution is 5.81. The first-order valence-electron chi connectivity index (χ1n) is 9.06. The van der Waals surface area contributed by atoms with E-state index in [0.717, 1.165) is 0 Å². The van der Waals surface area contributed by atoms with Crippen LogP contribution >= 0.6 is 0 Å².